The second kappa shape index (κ2) is 9.92. The number of hydrogen-bond donors (Lipinski definition) is 2. The maximum absolute atomic E-state index is 13.6. The number of nitrogens with one attached hydrogen (secondary N) is 1. The number of carbonyl (C=O) groups excluding carboxylic acids is 1. The van der Waals surface area contributed by atoms with Gasteiger partial charge >= 0.3 is 5.97 Å². The molecule has 1 N–H and O–H groups in total. The van der Waals surface area contributed by atoms with Crippen molar-refractivity contribution in [3.05, 3.63) is 35.1 Å². The smallest absolute Gasteiger partial charge is 0.321 e. The van der Waals surface area contributed by atoms with E-state index in [1.165, 1.54) is 0 Å². The van der Waals surface area contributed by atoms with Crippen molar-refractivity contribution in [2.24, 2.45) is 0 Å². The molecule has 1 fully saturated rings. The predicted octanol–water partition coefficient (Wildman–Crippen LogP) is 1.39. The van der Waals surface area contributed by atoms with Crippen LogP contribution in [0.25, 0.3) is 0 Å². The molecular weight excluding hydrogens is 421 g/mol. The number of rotatable bonds is 9. The highest BCUT2D eigenvalue weighted by atomic mass is 32.2. The van der Waals surface area contributed by atoms with Gasteiger partial charge in [0.05, 0.1) is 25.9 Å². The zero-order valence-corrected chi connectivity index (χ0v) is 16.7. The minimum absolute atomic E-state index is 0.0921. The van der Waals surface area contributed by atoms with Gasteiger partial charge in [0.25, 0.3) is 10.2 Å². The lowest BCUT2D eigenvalue weighted by Gasteiger charge is -2.23. The lowest BCUT2D eigenvalue weighted by molar-refractivity contribution is -0.141. The molecule has 0 spiro atoms. The highest BCUT2D eigenvalue weighted by Gasteiger charge is 2.38. The molecule has 0 aliphatic carbocycles. The Morgan fingerprint density at radius 1 is 1.29 bits per heavy atom. The SMILES string of the molecule is CCOC(=O)CNS(=O)(=O)N1CC(S)CC1COCc1cc(F)c(F)cc1F. The molecule has 7 nitrogen and oxygen atoms in total. The van der Waals surface area contributed by atoms with E-state index < -0.39 is 46.2 Å². The van der Waals surface area contributed by atoms with E-state index in [4.69, 9.17) is 4.74 Å². The van der Waals surface area contributed by atoms with Crippen LogP contribution in [-0.2, 0) is 31.1 Å². The Kier molecular flexibility index (Phi) is 8.13. The summed E-state index contributed by atoms with van der Waals surface area (Å²) in [6.07, 6.45) is 0.365. The first-order chi connectivity index (χ1) is 13.1. The molecule has 2 atom stereocenters. The average molecular weight is 442 g/mol. The van der Waals surface area contributed by atoms with Crippen LogP contribution >= 0.6 is 12.6 Å². The number of halogens is 3. The summed E-state index contributed by atoms with van der Waals surface area (Å²) in [5.41, 5.74) is -0.186. The third-order valence-corrected chi connectivity index (χ3v) is 5.96. The summed E-state index contributed by atoms with van der Waals surface area (Å²) >= 11 is 4.29. The van der Waals surface area contributed by atoms with Gasteiger partial charge in [-0.2, -0.15) is 30.1 Å². The number of ether oxygens (including phenoxy) is 2. The van der Waals surface area contributed by atoms with Crippen LogP contribution in [0.1, 0.15) is 18.9 Å². The summed E-state index contributed by atoms with van der Waals surface area (Å²) in [5.74, 6) is -4.18. The maximum Gasteiger partial charge on any atom is 0.321 e. The summed E-state index contributed by atoms with van der Waals surface area (Å²) < 4.78 is 77.9. The maximum atomic E-state index is 13.6. The standard InChI is InChI=1S/C16H21F3N2O5S2/c1-2-26-16(22)6-20-28(23,24)21-7-12(27)4-11(21)9-25-8-10-3-14(18)15(19)5-13(10)17/h3,5,11-12,20,27H,2,4,6-9H2,1H3. The van der Waals surface area contributed by atoms with Crippen molar-refractivity contribution in [1.29, 1.82) is 0 Å². The van der Waals surface area contributed by atoms with Crippen LogP contribution in [0.3, 0.4) is 0 Å². The molecule has 158 valence electrons. The number of benzene rings is 1. The first kappa shape index (κ1) is 22.9. The fourth-order valence-corrected chi connectivity index (χ4v) is 4.64. The molecule has 1 aromatic rings. The van der Waals surface area contributed by atoms with Crippen LogP contribution in [0, 0.1) is 17.5 Å². The number of esters is 1. The number of thiol groups is 1. The molecule has 0 saturated carbocycles. The van der Waals surface area contributed by atoms with Gasteiger partial charge in [-0.3, -0.25) is 4.79 Å². The monoisotopic (exact) mass is 442 g/mol. The van der Waals surface area contributed by atoms with E-state index in [0.717, 1.165) is 4.31 Å². The molecule has 2 rings (SSSR count). The van der Waals surface area contributed by atoms with Crippen molar-refractivity contribution in [3.63, 3.8) is 0 Å². The zero-order valence-electron chi connectivity index (χ0n) is 15.0. The lowest BCUT2D eigenvalue weighted by Crippen LogP contribution is -2.46. The fourth-order valence-electron chi connectivity index (χ4n) is 2.73. The Bertz CT molecular complexity index is 810. The van der Waals surface area contributed by atoms with Crippen LogP contribution in [0.4, 0.5) is 13.2 Å². The first-order valence-corrected chi connectivity index (χ1v) is 10.4. The second-order valence-corrected chi connectivity index (χ2v) is 8.56. The van der Waals surface area contributed by atoms with E-state index in [0.29, 0.717) is 18.6 Å². The first-order valence-electron chi connectivity index (χ1n) is 8.45. The average Bonchev–Trinajstić information content (AvgIpc) is 2.99. The highest BCUT2D eigenvalue weighted by molar-refractivity contribution is 7.87. The predicted molar refractivity (Wildman–Crippen MR) is 97.4 cm³/mol. The van der Waals surface area contributed by atoms with Gasteiger partial charge in [-0.1, -0.05) is 0 Å². The van der Waals surface area contributed by atoms with Gasteiger partial charge in [0.1, 0.15) is 12.4 Å². The number of hydrogen-bond acceptors (Lipinski definition) is 6. The minimum atomic E-state index is -4.00. The Labute approximate surface area is 166 Å². The molecule has 12 heteroatoms. The van der Waals surface area contributed by atoms with Crippen molar-refractivity contribution in [3.8, 4) is 0 Å². The molecule has 1 aliphatic heterocycles. The topological polar surface area (TPSA) is 84.9 Å². The molecule has 1 heterocycles. The third-order valence-electron chi connectivity index (χ3n) is 4.01. The van der Waals surface area contributed by atoms with Gasteiger partial charge in [0, 0.05) is 23.4 Å². The molecule has 1 saturated heterocycles. The number of nitrogens with zero attached hydrogens (tertiary/aromatic N) is 1. The summed E-state index contributed by atoms with van der Waals surface area (Å²) in [6.45, 7) is 0.824. The molecule has 28 heavy (non-hydrogen) atoms. The summed E-state index contributed by atoms with van der Waals surface area (Å²) in [5, 5.41) is -0.257. The Morgan fingerprint density at radius 2 is 1.96 bits per heavy atom. The molecule has 1 aliphatic rings. The molecule has 0 aromatic heterocycles. The van der Waals surface area contributed by atoms with E-state index in [1.807, 2.05) is 0 Å². The van der Waals surface area contributed by atoms with Crippen molar-refractivity contribution >= 4 is 28.8 Å². The van der Waals surface area contributed by atoms with Crippen molar-refractivity contribution < 1.29 is 35.9 Å². The summed E-state index contributed by atoms with van der Waals surface area (Å²) in [7, 11) is -4.00. The van der Waals surface area contributed by atoms with Gasteiger partial charge in [0.15, 0.2) is 11.6 Å². The van der Waals surface area contributed by atoms with Crippen molar-refractivity contribution in [1.82, 2.24) is 9.03 Å². The third kappa shape index (κ3) is 6.08. The van der Waals surface area contributed by atoms with Gasteiger partial charge in [0.2, 0.25) is 0 Å². The summed E-state index contributed by atoms with van der Waals surface area (Å²) in [4.78, 5) is 11.4. The van der Waals surface area contributed by atoms with Gasteiger partial charge in [-0.25, -0.2) is 13.2 Å². The van der Waals surface area contributed by atoms with Crippen LogP contribution < -0.4 is 4.72 Å². The quantitative estimate of drug-likeness (QED) is 0.343. The normalized spacial score (nSPS) is 20.5. The lowest BCUT2D eigenvalue weighted by atomic mass is 10.2. The molecular formula is C16H21F3N2O5S2. The van der Waals surface area contributed by atoms with Crippen LogP contribution in [0.15, 0.2) is 12.1 Å². The van der Waals surface area contributed by atoms with Crippen molar-refractivity contribution in [2.45, 2.75) is 31.2 Å². The Balaban J connectivity index is 1.96. The molecule has 1 aromatic carbocycles. The van der Waals surface area contributed by atoms with Gasteiger partial charge in [-0.05, 0) is 19.4 Å². The Morgan fingerprint density at radius 3 is 2.64 bits per heavy atom. The van der Waals surface area contributed by atoms with Crippen LogP contribution in [0.5, 0.6) is 0 Å². The summed E-state index contributed by atoms with van der Waals surface area (Å²) in [6, 6.07) is 0.495. The van der Waals surface area contributed by atoms with E-state index in [9.17, 15) is 26.4 Å². The minimum Gasteiger partial charge on any atom is -0.465 e. The molecule has 0 amide bonds. The number of carbonyl (C=O) groups is 1. The largest absolute Gasteiger partial charge is 0.465 e. The van der Waals surface area contributed by atoms with Gasteiger partial charge < -0.3 is 9.47 Å². The second-order valence-electron chi connectivity index (χ2n) is 6.12. The molecule has 0 radical (unpaired) electrons. The fraction of sp³-hybridized carbons (Fsp3) is 0.562. The Hall–Kier alpha value is -1.34. The molecule has 0 bridgehead atoms. The van der Waals surface area contributed by atoms with E-state index in [2.05, 4.69) is 22.1 Å². The zero-order chi connectivity index (χ0) is 20.9. The van der Waals surface area contributed by atoms with E-state index in [-0.39, 0.29) is 37.2 Å². The molecule has 2 unspecified atom stereocenters. The van der Waals surface area contributed by atoms with Crippen LogP contribution in [-0.4, -0.2) is 56.3 Å². The highest BCUT2D eigenvalue weighted by Crippen LogP contribution is 2.25. The van der Waals surface area contributed by atoms with Gasteiger partial charge in [-0.15, -0.1) is 0 Å². The van der Waals surface area contributed by atoms with Crippen molar-refractivity contribution in [2.75, 3.05) is 26.3 Å². The van der Waals surface area contributed by atoms with E-state index in [1.54, 1.807) is 6.92 Å². The van der Waals surface area contributed by atoms with Crippen LogP contribution in [0.2, 0.25) is 0 Å². The van der Waals surface area contributed by atoms with E-state index >= 15 is 0 Å².